The Morgan fingerprint density at radius 2 is 1.73 bits per heavy atom. The Kier molecular flexibility index (Phi) is 3.41. The normalized spacial score (nSPS) is 11.1. The minimum absolute atomic E-state index is 0.0405. The summed E-state index contributed by atoms with van der Waals surface area (Å²) in [5.74, 6) is 5.33. The maximum Gasteiger partial charge on any atom is 0.417 e. The predicted molar refractivity (Wildman–Crippen MR) is 53.2 cm³/mol. The van der Waals surface area contributed by atoms with Gasteiger partial charge in [-0.05, 0) is 12.1 Å². The van der Waals surface area contributed by atoms with Crippen LogP contribution in [0, 0.1) is 17.8 Å². The highest BCUT2D eigenvalue weighted by Gasteiger charge is 2.32. The van der Waals surface area contributed by atoms with Crippen molar-refractivity contribution in [1.82, 2.24) is 0 Å². The highest BCUT2D eigenvalue weighted by molar-refractivity contribution is 5.42. The summed E-state index contributed by atoms with van der Waals surface area (Å²) >= 11 is 0. The van der Waals surface area contributed by atoms with E-state index in [2.05, 4.69) is 11.8 Å². The van der Waals surface area contributed by atoms with E-state index in [1.54, 1.807) is 6.07 Å². The molecule has 0 radical (unpaired) electrons. The Morgan fingerprint density at radius 3 is 2.27 bits per heavy atom. The maximum absolute atomic E-state index is 12.5. The molecule has 0 unspecified atom stereocenters. The zero-order valence-electron chi connectivity index (χ0n) is 8.52. The number of halogens is 3. The van der Waals surface area contributed by atoms with Crippen molar-refractivity contribution in [3.63, 3.8) is 0 Å². The molecule has 0 atom stereocenters. The van der Waals surface area contributed by atoms with Gasteiger partial charge in [-0.15, -0.1) is 0 Å². The van der Waals surface area contributed by atoms with Crippen molar-refractivity contribution >= 4 is 0 Å². The standard InChI is InChI=1S/C12H11F3/c1-9(2)7-8-10-5-3-4-6-11(10)12(13,14)15/h3-6,9H,1-2H3. The Morgan fingerprint density at radius 1 is 1.13 bits per heavy atom. The van der Waals surface area contributed by atoms with Crippen LogP contribution in [0.1, 0.15) is 25.0 Å². The molecule has 0 heterocycles. The molecule has 0 aliphatic heterocycles. The van der Waals surface area contributed by atoms with E-state index in [1.807, 2.05) is 13.8 Å². The summed E-state index contributed by atoms with van der Waals surface area (Å²) in [7, 11) is 0. The number of alkyl halides is 3. The van der Waals surface area contributed by atoms with Gasteiger partial charge in [0.2, 0.25) is 0 Å². The van der Waals surface area contributed by atoms with E-state index in [-0.39, 0.29) is 11.5 Å². The number of hydrogen-bond donors (Lipinski definition) is 0. The summed E-state index contributed by atoms with van der Waals surface area (Å²) in [6, 6.07) is 5.35. The molecule has 15 heavy (non-hydrogen) atoms. The molecule has 0 spiro atoms. The molecule has 0 bridgehead atoms. The monoisotopic (exact) mass is 212 g/mol. The summed E-state index contributed by atoms with van der Waals surface area (Å²) in [4.78, 5) is 0. The quantitative estimate of drug-likeness (QED) is 0.575. The van der Waals surface area contributed by atoms with Gasteiger partial charge in [0, 0.05) is 11.5 Å². The Hall–Kier alpha value is -1.43. The first-order valence-corrected chi connectivity index (χ1v) is 4.59. The number of hydrogen-bond acceptors (Lipinski definition) is 0. The van der Waals surface area contributed by atoms with Gasteiger partial charge in [-0.1, -0.05) is 37.8 Å². The molecule has 1 aromatic rings. The fourth-order valence-electron chi connectivity index (χ4n) is 1.06. The van der Waals surface area contributed by atoms with E-state index in [1.165, 1.54) is 12.1 Å². The average Bonchev–Trinajstić information content (AvgIpc) is 2.13. The van der Waals surface area contributed by atoms with Crippen LogP contribution in [-0.2, 0) is 6.18 Å². The molecule has 3 heteroatoms. The lowest BCUT2D eigenvalue weighted by atomic mass is 10.1. The van der Waals surface area contributed by atoms with E-state index in [4.69, 9.17) is 0 Å². The van der Waals surface area contributed by atoms with Crippen LogP contribution in [0.15, 0.2) is 24.3 Å². The molecular formula is C12H11F3. The van der Waals surface area contributed by atoms with Gasteiger partial charge < -0.3 is 0 Å². The van der Waals surface area contributed by atoms with Crippen LogP contribution in [0.2, 0.25) is 0 Å². The molecule has 0 N–H and O–H groups in total. The van der Waals surface area contributed by atoms with Crippen molar-refractivity contribution in [3.8, 4) is 11.8 Å². The highest BCUT2D eigenvalue weighted by atomic mass is 19.4. The van der Waals surface area contributed by atoms with Crippen LogP contribution in [0.5, 0.6) is 0 Å². The highest BCUT2D eigenvalue weighted by Crippen LogP contribution is 2.31. The third-order valence-electron chi connectivity index (χ3n) is 1.73. The molecule has 0 amide bonds. The maximum atomic E-state index is 12.5. The van der Waals surface area contributed by atoms with Gasteiger partial charge in [-0.3, -0.25) is 0 Å². The molecule has 1 aromatic carbocycles. The third-order valence-corrected chi connectivity index (χ3v) is 1.73. The van der Waals surface area contributed by atoms with Gasteiger partial charge in [0.05, 0.1) is 5.56 Å². The first kappa shape index (κ1) is 11.6. The largest absolute Gasteiger partial charge is 0.417 e. The third kappa shape index (κ3) is 3.32. The molecule has 0 saturated carbocycles. The predicted octanol–water partition coefficient (Wildman–Crippen LogP) is 3.71. The second kappa shape index (κ2) is 4.39. The molecule has 0 nitrogen and oxygen atoms in total. The van der Waals surface area contributed by atoms with E-state index in [9.17, 15) is 13.2 Å². The second-order valence-electron chi connectivity index (χ2n) is 3.47. The molecule has 0 aromatic heterocycles. The Balaban J connectivity index is 3.15. The molecule has 0 fully saturated rings. The van der Waals surface area contributed by atoms with Crippen LogP contribution in [0.25, 0.3) is 0 Å². The first-order valence-electron chi connectivity index (χ1n) is 4.59. The van der Waals surface area contributed by atoms with E-state index in [0.717, 1.165) is 6.07 Å². The Bertz CT molecular complexity index is 391. The second-order valence-corrected chi connectivity index (χ2v) is 3.47. The van der Waals surface area contributed by atoms with Crippen molar-refractivity contribution in [2.45, 2.75) is 20.0 Å². The molecule has 0 aliphatic rings. The number of rotatable bonds is 0. The fourth-order valence-corrected chi connectivity index (χ4v) is 1.06. The minimum Gasteiger partial charge on any atom is -0.166 e. The van der Waals surface area contributed by atoms with E-state index >= 15 is 0 Å². The van der Waals surface area contributed by atoms with Crippen LogP contribution in [0.3, 0.4) is 0 Å². The van der Waals surface area contributed by atoms with Crippen molar-refractivity contribution in [2.24, 2.45) is 5.92 Å². The van der Waals surface area contributed by atoms with E-state index < -0.39 is 11.7 Å². The molecule has 0 saturated heterocycles. The lowest BCUT2D eigenvalue weighted by Crippen LogP contribution is -2.07. The van der Waals surface area contributed by atoms with Gasteiger partial charge in [0.25, 0.3) is 0 Å². The first-order chi connectivity index (χ1) is 6.91. The minimum atomic E-state index is -4.33. The van der Waals surface area contributed by atoms with Crippen LogP contribution in [-0.4, -0.2) is 0 Å². The molecule has 0 aliphatic carbocycles. The topological polar surface area (TPSA) is 0 Å². The van der Waals surface area contributed by atoms with Gasteiger partial charge in [0.15, 0.2) is 0 Å². The van der Waals surface area contributed by atoms with Gasteiger partial charge in [-0.25, -0.2) is 0 Å². The van der Waals surface area contributed by atoms with Gasteiger partial charge in [0.1, 0.15) is 0 Å². The van der Waals surface area contributed by atoms with E-state index in [0.29, 0.717) is 0 Å². The SMILES string of the molecule is CC(C)C#Cc1ccccc1C(F)(F)F. The van der Waals surface area contributed by atoms with Crippen LogP contribution < -0.4 is 0 Å². The van der Waals surface area contributed by atoms with Crippen molar-refractivity contribution in [2.75, 3.05) is 0 Å². The average molecular weight is 212 g/mol. The van der Waals surface area contributed by atoms with Crippen LogP contribution in [0.4, 0.5) is 13.2 Å². The van der Waals surface area contributed by atoms with Gasteiger partial charge in [-0.2, -0.15) is 13.2 Å². The van der Waals surface area contributed by atoms with Crippen LogP contribution >= 0.6 is 0 Å². The molecular weight excluding hydrogens is 201 g/mol. The fraction of sp³-hybridized carbons (Fsp3) is 0.333. The summed E-state index contributed by atoms with van der Waals surface area (Å²) in [5, 5.41) is 0. The summed E-state index contributed by atoms with van der Waals surface area (Å²) in [6.07, 6.45) is -4.33. The molecule has 1 rings (SSSR count). The number of benzene rings is 1. The smallest absolute Gasteiger partial charge is 0.166 e. The summed E-state index contributed by atoms with van der Waals surface area (Å²) in [5.41, 5.74) is -0.628. The lowest BCUT2D eigenvalue weighted by molar-refractivity contribution is -0.137. The van der Waals surface area contributed by atoms with Crippen molar-refractivity contribution in [1.29, 1.82) is 0 Å². The molecule has 80 valence electrons. The zero-order chi connectivity index (χ0) is 11.5. The zero-order valence-corrected chi connectivity index (χ0v) is 8.52. The van der Waals surface area contributed by atoms with Gasteiger partial charge >= 0.3 is 6.18 Å². The van der Waals surface area contributed by atoms with Crippen molar-refractivity contribution in [3.05, 3.63) is 35.4 Å². The van der Waals surface area contributed by atoms with Crippen molar-refractivity contribution < 1.29 is 13.2 Å². The summed E-state index contributed by atoms with van der Waals surface area (Å²) < 4.78 is 37.5. The Labute approximate surface area is 87.1 Å². The summed E-state index contributed by atoms with van der Waals surface area (Å²) in [6.45, 7) is 3.67. The lowest BCUT2D eigenvalue weighted by Gasteiger charge is -2.08.